The molecule has 0 radical (unpaired) electrons. The van der Waals surface area contributed by atoms with E-state index in [9.17, 15) is 14.0 Å². The highest BCUT2D eigenvalue weighted by Gasteiger charge is 2.04. The first-order valence-electron chi connectivity index (χ1n) is 5.95. The molecule has 0 bridgehead atoms. The van der Waals surface area contributed by atoms with E-state index in [-0.39, 0.29) is 25.1 Å². The van der Waals surface area contributed by atoms with Gasteiger partial charge in [-0.2, -0.15) is 5.26 Å². The minimum atomic E-state index is -0.916. The van der Waals surface area contributed by atoms with E-state index >= 15 is 0 Å². The molecule has 1 aromatic rings. The van der Waals surface area contributed by atoms with Gasteiger partial charge in [-0.3, -0.25) is 4.79 Å². The number of aliphatic carboxylic acids is 1. The van der Waals surface area contributed by atoms with Crippen LogP contribution in [0.4, 0.5) is 9.18 Å². The van der Waals surface area contributed by atoms with Crippen LogP contribution in [0.15, 0.2) is 18.2 Å². The lowest BCUT2D eigenvalue weighted by Gasteiger charge is -2.07. The lowest BCUT2D eigenvalue weighted by atomic mass is 10.1. The Balaban J connectivity index is 2.32. The number of carbonyl (C=O) groups excluding carboxylic acids is 1. The SMILES string of the molecule is N#Cc1ccc(CNC(=O)NCCCC(=O)O)cc1F. The molecule has 3 N–H and O–H groups in total. The quantitative estimate of drug-likeness (QED) is 0.684. The molecular formula is C13H14FN3O3. The number of hydrogen-bond acceptors (Lipinski definition) is 3. The first kappa shape index (κ1) is 15.4. The fraction of sp³-hybridized carbons (Fsp3) is 0.308. The number of amides is 2. The highest BCUT2D eigenvalue weighted by Crippen LogP contribution is 2.09. The summed E-state index contributed by atoms with van der Waals surface area (Å²) in [6.07, 6.45) is 0.329. The van der Waals surface area contributed by atoms with Crippen molar-refractivity contribution in [1.82, 2.24) is 10.6 Å². The Morgan fingerprint density at radius 1 is 1.35 bits per heavy atom. The lowest BCUT2D eigenvalue weighted by Crippen LogP contribution is -2.35. The number of halogens is 1. The van der Waals surface area contributed by atoms with Crippen molar-refractivity contribution in [3.63, 3.8) is 0 Å². The van der Waals surface area contributed by atoms with Crippen molar-refractivity contribution in [2.45, 2.75) is 19.4 Å². The molecule has 0 aliphatic rings. The number of carboxylic acids is 1. The lowest BCUT2D eigenvalue weighted by molar-refractivity contribution is -0.137. The molecule has 0 atom stereocenters. The minimum absolute atomic E-state index is 0.0128. The van der Waals surface area contributed by atoms with Crippen LogP contribution in [0.2, 0.25) is 0 Å². The zero-order valence-electron chi connectivity index (χ0n) is 10.6. The second kappa shape index (κ2) is 7.74. The van der Waals surface area contributed by atoms with Gasteiger partial charge in [-0.1, -0.05) is 6.07 Å². The summed E-state index contributed by atoms with van der Waals surface area (Å²) in [5.41, 5.74) is 0.481. The first-order chi connectivity index (χ1) is 9.52. The molecule has 106 valence electrons. The zero-order chi connectivity index (χ0) is 15.0. The largest absolute Gasteiger partial charge is 0.481 e. The number of nitriles is 1. The molecule has 0 spiro atoms. The highest BCUT2D eigenvalue weighted by atomic mass is 19.1. The molecule has 6 nitrogen and oxygen atoms in total. The van der Waals surface area contributed by atoms with E-state index in [1.807, 2.05) is 0 Å². The molecule has 1 rings (SSSR count). The molecule has 0 aromatic heterocycles. The maximum atomic E-state index is 13.3. The van der Waals surface area contributed by atoms with Crippen LogP contribution in [0, 0.1) is 17.1 Å². The maximum Gasteiger partial charge on any atom is 0.315 e. The topological polar surface area (TPSA) is 102 Å². The van der Waals surface area contributed by atoms with Gasteiger partial charge in [0.15, 0.2) is 0 Å². The predicted molar refractivity (Wildman–Crippen MR) is 68.2 cm³/mol. The van der Waals surface area contributed by atoms with Crippen LogP contribution in [0.3, 0.4) is 0 Å². The number of hydrogen-bond donors (Lipinski definition) is 3. The zero-order valence-corrected chi connectivity index (χ0v) is 10.6. The molecule has 1 aromatic carbocycles. The van der Waals surface area contributed by atoms with Gasteiger partial charge in [0.05, 0.1) is 5.56 Å². The third-order valence-corrected chi connectivity index (χ3v) is 2.46. The highest BCUT2D eigenvalue weighted by molar-refractivity contribution is 5.73. The molecule has 0 saturated carbocycles. The molecule has 0 unspecified atom stereocenters. The summed E-state index contributed by atoms with van der Waals surface area (Å²) in [6, 6.07) is 5.33. The van der Waals surface area contributed by atoms with Gasteiger partial charge in [0.2, 0.25) is 0 Å². The number of urea groups is 1. The van der Waals surface area contributed by atoms with E-state index in [1.54, 1.807) is 12.1 Å². The van der Waals surface area contributed by atoms with Crippen LogP contribution in [-0.2, 0) is 11.3 Å². The number of rotatable bonds is 6. The van der Waals surface area contributed by atoms with Gasteiger partial charge < -0.3 is 15.7 Å². The van der Waals surface area contributed by atoms with E-state index in [2.05, 4.69) is 10.6 Å². The predicted octanol–water partition coefficient (Wildman–Crippen LogP) is 1.36. The van der Waals surface area contributed by atoms with Crippen molar-refractivity contribution in [2.24, 2.45) is 0 Å². The monoisotopic (exact) mass is 279 g/mol. The Kier molecular flexibility index (Phi) is 5.97. The van der Waals surface area contributed by atoms with Crippen LogP contribution in [0.5, 0.6) is 0 Å². The van der Waals surface area contributed by atoms with Crippen molar-refractivity contribution in [1.29, 1.82) is 5.26 Å². The van der Waals surface area contributed by atoms with Crippen LogP contribution in [-0.4, -0.2) is 23.7 Å². The van der Waals surface area contributed by atoms with Crippen LogP contribution in [0.1, 0.15) is 24.0 Å². The van der Waals surface area contributed by atoms with E-state index in [0.717, 1.165) is 0 Å². The van der Waals surface area contributed by atoms with Crippen molar-refractivity contribution in [3.8, 4) is 6.07 Å². The fourth-order valence-electron chi connectivity index (χ4n) is 1.45. The van der Waals surface area contributed by atoms with Crippen molar-refractivity contribution < 1.29 is 19.1 Å². The van der Waals surface area contributed by atoms with Gasteiger partial charge in [-0.25, -0.2) is 9.18 Å². The van der Waals surface area contributed by atoms with Crippen molar-refractivity contribution in [2.75, 3.05) is 6.54 Å². The molecule has 7 heteroatoms. The van der Waals surface area contributed by atoms with Gasteiger partial charge in [-0.05, 0) is 24.1 Å². The number of carbonyl (C=O) groups is 2. The average Bonchev–Trinajstić information content (AvgIpc) is 2.41. The Hall–Kier alpha value is -2.62. The number of nitrogens with one attached hydrogen (secondary N) is 2. The van der Waals surface area contributed by atoms with Gasteiger partial charge in [0.1, 0.15) is 11.9 Å². The molecule has 20 heavy (non-hydrogen) atoms. The standard InChI is InChI=1S/C13H14FN3O3/c14-11-6-9(3-4-10(11)7-15)8-17-13(20)16-5-1-2-12(18)19/h3-4,6H,1-2,5,8H2,(H,18,19)(H2,16,17,20). The fourth-order valence-corrected chi connectivity index (χ4v) is 1.45. The third-order valence-electron chi connectivity index (χ3n) is 2.46. The average molecular weight is 279 g/mol. The number of nitrogens with zero attached hydrogens (tertiary/aromatic N) is 1. The summed E-state index contributed by atoms with van der Waals surface area (Å²) in [7, 11) is 0. The first-order valence-corrected chi connectivity index (χ1v) is 5.95. The molecule has 0 fully saturated rings. The second-order valence-electron chi connectivity index (χ2n) is 4.03. The van der Waals surface area contributed by atoms with E-state index < -0.39 is 17.8 Å². The Labute approximate surface area is 115 Å². The van der Waals surface area contributed by atoms with E-state index in [0.29, 0.717) is 12.0 Å². The number of carboxylic acid groups (broad SMARTS) is 1. The van der Waals surface area contributed by atoms with Gasteiger partial charge in [0, 0.05) is 19.5 Å². The second-order valence-corrected chi connectivity index (χ2v) is 4.03. The van der Waals surface area contributed by atoms with Crippen molar-refractivity contribution in [3.05, 3.63) is 35.1 Å². The summed E-state index contributed by atoms with van der Waals surface area (Å²) in [6.45, 7) is 0.368. The molecule has 0 aliphatic heterocycles. The van der Waals surface area contributed by atoms with E-state index in [1.165, 1.54) is 12.1 Å². The van der Waals surface area contributed by atoms with Gasteiger partial charge in [-0.15, -0.1) is 0 Å². The number of benzene rings is 1. The molecule has 0 aliphatic carbocycles. The Bertz CT molecular complexity index is 540. The van der Waals surface area contributed by atoms with Crippen LogP contribution in [0.25, 0.3) is 0 Å². The normalized spacial score (nSPS) is 9.60. The van der Waals surface area contributed by atoms with Gasteiger partial charge >= 0.3 is 12.0 Å². The van der Waals surface area contributed by atoms with Crippen molar-refractivity contribution >= 4 is 12.0 Å². The summed E-state index contributed by atoms with van der Waals surface area (Å²) in [5, 5.41) is 22.0. The Morgan fingerprint density at radius 3 is 2.70 bits per heavy atom. The van der Waals surface area contributed by atoms with Crippen LogP contribution >= 0.6 is 0 Å². The van der Waals surface area contributed by atoms with E-state index in [4.69, 9.17) is 10.4 Å². The Morgan fingerprint density at radius 2 is 2.10 bits per heavy atom. The molecule has 0 saturated heterocycles. The summed E-state index contributed by atoms with van der Waals surface area (Å²) in [4.78, 5) is 21.6. The molecule has 2 amide bonds. The minimum Gasteiger partial charge on any atom is -0.481 e. The summed E-state index contributed by atoms with van der Waals surface area (Å²) in [5.74, 6) is -1.55. The smallest absolute Gasteiger partial charge is 0.315 e. The maximum absolute atomic E-state index is 13.3. The summed E-state index contributed by atoms with van der Waals surface area (Å²) < 4.78 is 13.3. The molecule has 0 heterocycles. The van der Waals surface area contributed by atoms with Crippen LogP contribution < -0.4 is 10.6 Å². The van der Waals surface area contributed by atoms with Gasteiger partial charge in [0.25, 0.3) is 0 Å². The third kappa shape index (κ3) is 5.35. The summed E-state index contributed by atoms with van der Waals surface area (Å²) >= 11 is 0. The molecular weight excluding hydrogens is 265 g/mol.